The second kappa shape index (κ2) is 11.1. The van der Waals surface area contributed by atoms with Crippen LogP contribution in [0.5, 0.6) is 0 Å². The molecule has 1 N–H and O–H groups in total. The van der Waals surface area contributed by atoms with Crippen molar-refractivity contribution in [3.63, 3.8) is 0 Å². The molecular formula is C24H27N3O4. The highest BCUT2D eigenvalue weighted by Crippen LogP contribution is 2.16. The zero-order valence-electron chi connectivity index (χ0n) is 17.8. The molecule has 0 unspecified atom stereocenters. The maximum absolute atomic E-state index is 11.9. The Morgan fingerprint density at radius 2 is 1.77 bits per heavy atom. The second-order valence-electron chi connectivity index (χ2n) is 7.53. The summed E-state index contributed by atoms with van der Waals surface area (Å²) in [6.45, 7) is 4.49. The van der Waals surface area contributed by atoms with Crippen molar-refractivity contribution in [2.75, 3.05) is 13.2 Å². The van der Waals surface area contributed by atoms with E-state index in [1.807, 2.05) is 30.3 Å². The number of carbonyl (C=O) groups excluding carboxylic acids is 2. The van der Waals surface area contributed by atoms with E-state index in [9.17, 15) is 9.59 Å². The standard InChI is InChI=1S/C24H27N3O4/c1-17(2)19-10-8-18(9-11-19)14-15-25-21(28)16-30-23(29)13-12-22-26-24(27-31-22)20-6-4-3-5-7-20/h3-11,17H,12-16H2,1-2H3,(H,25,28). The third-order valence-electron chi connectivity index (χ3n) is 4.79. The molecule has 3 rings (SSSR count). The predicted molar refractivity (Wildman–Crippen MR) is 116 cm³/mol. The van der Waals surface area contributed by atoms with Gasteiger partial charge in [0.15, 0.2) is 6.61 Å². The average molecular weight is 421 g/mol. The quantitative estimate of drug-likeness (QED) is 0.502. The lowest BCUT2D eigenvalue weighted by Gasteiger charge is -2.08. The summed E-state index contributed by atoms with van der Waals surface area (Å²) in [5.41, 5.74) is 3.28. The fourth-order valence-electron chi connectivity index (χ4n) is 2.95. The number of carbonyl (C=O) groups is 2. The van der Waals surface area contributed by atoms with E-state index in [0.29, 0.717) is 24.2 Å². The number of esters is 1. The number of hydrogen-bond donors (Lipinski definition) is 1. The highest BCUT2D eigenvalue weighted by Gasteiger charge is 2.12. The molecule has 1 amide bonds. The van der Waals surface area contributed by atoms with E-state index in [0.717, 1.165) is 17.5 Å². The first-order valence-electron chi connectivity index (χ1n) is 10.4. The fraction of sp³-hybridized carbons (Fsp3) is 0.333. The van der Waals surface area contributed by atoms with Crippen molar-refractivity contribution in [2.24, 2.45) is 0 Å². The first kappa shape index (κ1) is 22.2. The normalized spacial score (nSPS) is 10.8. The number of rotatable bonds is 10. The highest BCUT2D eigenvalue weighted by molar-refractivity contribution is 5.80. The molecule has 0 bridgehead atoms. The molecule has 0 atom stereocenters. The summed E-state index contributed by atoms with van der Waals surface area (Å²) in [6, 6.07) is 17.8. The Kier molecular flexibility index (Phi) is 7.92. The zero-order valence-corrected chi connectivity index (χ0v) is 17.8. The van der Waals surface area contributed by atoms with Gasteiger partial charge in [0.2, 0.25) is 11.7 Å². The van der Waals surface area contributed by atoms with Crippen LogP contribution in [0.4, 0.5) is 0 Å². The van der Waals surface area contributed by atoms with Crippen molar-refractivity contribution < 1.29 is 18.8 Å². The van der Waals surface area contributed by atoms with Gasteiger partial charge in [-0.3, -0.25) is 9.59 Å². The molecule has 7 heteroatoms. The van der Waals surface area contributed by atoms with Crippen LogP contribution in [0.3, 0.4) is 0 Å². The van der Waals surface area contributed by atoms with Crippen molar-refractivity contribution in [1.29, 1.82) is 0 Å². The van der Waals surface area contributed by atoms with Crippen LogP contribution in [0.2, 0.25) is 0 Å². The molecule has 7 nitrogen and oxygen atoms in total. The van der Waals surface area contributed by atoms with Gasteiger partial charge in [0.1, 0.15) is 0 Å². The van der Waals surface area contributed by atoms with Gasteiger partial charge in [-0.05, 0) is 23.5 Å². The van der Waals surface area contributed by atoms with Crippen LogP contribution in [-0.2, 0) is 27.2 Å². The second-order valence-corrected chi connectivity index (χ2v) is 7.53. The van der Waals surface area contributed by atoms with Crippen molar-refractivity contribution in [2.45, 2.75) is 39.0 Å². The summed E-state index contributed by atoms with van der Waals surface area (Å²) >= 11 is 0. The first-order valence-corrected chi connectivity index (χ1v) is 10.4. The lowest BCUT2D eigenvalue weighted by atomic mass is 10.0. The number of aromatic nitrogens is 2. The molecule has 0 fully saturated rings. The van der Waals surface area contributed by atoms with Crippen molar-refractivity contribution >= 4 is 11.9 Å². The summed E-state index contributed by atoms with van der Waals surface area (Å²) in [7, 11) is 0. The number of amides is 1. The number of benzene rings is 2. The topological polar surface area (TPSA) is 94.3 Å². The van der Waals surface area contributed by atoms with E-state index in [1.165, 1.54) is 5.56 Å². The Hall–Kier alpha value is -3.48. The number of nitrogens with zero attached hydrogens (tertiary/aromatic N) is 2. The Morgan fingerprint density at radius 3 is 2.48 bits per heavy atom. The minimum absolute atomic E-state index is 0.0614. The van der Waals surface area contributed by atoms with Crippen LogP contribution >= 0.6 is 0 Å². The minimum Gasteiger partial charge on any atom is -0.456 e. The third kappa shape index (κ3) is 7.06. The molecule has 0 saturated heterocycles. The van der Waals surface area contributed by atoms with Crippen LogP contribution in [0.25, 0.3) is 11.4 Å². The van der Waals surface area contributed by atoms with Gasteiger partial charge in [-0.1, -0.05) is 73.6 Å². The van der Waals surface area contributed by atoms with E-state index in [4.69, 9.17) is 9.26 Å². The van der Waals surface area contributed by atoms with Crippen molar-refractivity contribution in [1.82, 2.24) is 15.5 Å². The predicted octanol–water partition coefficient (Wildman–Crippen LogP) is 3.69. The smallest absolute Gasteiger partial charge is 0.306 e. The minimum atomic E-state index is -0.487. The SMILES string of the molecule is CC(C)c1ccc(CCNC(=O)COC(=O)CCc2nc(-c3ccccc3)no2)cc1. The Bertz CT molecular complexity index is 982. The molecule has 0 radical (unpaired) electrons. The lowest BCUT2D eigenvalue weighted by Crippen LogP contribution is -2.30. The largest absolute Gasteiger partial charge is 0.456 e. The third-order valence-corrected chi connectivity index (χ3v) is 4.79. The molecular weight excluding hydrogens is 394 g/mol. The number of hydrogen-bond acceptors (Lipinski definition) is 6. The lowest BCUT2D eigenvalue weighted by molar-refractivity contribution is -0.148. The summed E-state index contributed by atoms with van der Waals surface area (Å²) in [6.07, 6.45) is 1.04. The number of aryl methyl sites for hydroxylation is 1. The van der Waals surface area contributed by atoms with Crippen molar-refractivity contribution in [3.8, 4) is 11.4 Å². The zero-order chi connectivity index (χ0) is 22.1. The molecule has 0 aliphatic rings. The van der Waals surface area contributed by atoms with Gasteiger partial charge < -0.3 is 14.6 Å². The molecule has 3 aromatic rings. The number of ether oxygens (including phenoxy) is 1. The molecule has 2 aromatic carbocycles. The summed E-state index contributed by atoms with van der Waals surface area (Å²) in [5, 5.41) is 6.67. The molecule has 31 heavy (non-hydrogen) atoms. The Morgan fingerprint density at radius 1 is 1.03 bits per heavy atom. The molecule has 0 aliphatic carbocycles. The van der Waals surface area contributed by atoms with Crippen LogP contribution in [-0.4, -0.2) is 35.2 Å². The molecule has 1 aromatic heterocycles. The Balaban J connectivity index is 1.32. The molecule has 0 saturated carbocycles. The van der Waals surface area contributed by atoms with Crippen LogP contribution in [0, 0.1) is 0 Å². The molecule has 0 spiro atoms. The maximum Gasteiger partial charge on any atom is 0.306 e. The summed E-state index contributed by atoms with van der Waals surface area (Å²) in [4.78, 5) is 28.0. The molecule has 162 valence electrons. The molecule has 0 aliphatic heterocycles. The van der Waals surface area contributed by atoms with Crippen LogP contribution in [0.1, 0.15) is 43.2 Å². The maximum atomic E-state index is 11.9. The van der Waals surface area contributed by atoms with Gasteiger partial charge in [-0.2, -0.15) is 4.98 Å². The highest BCUT2D eigenvalue weighted by atomic mass is 16.5. The van der Waals surface area contributed by atoms with Gasteiger partial charge in [0, 0.05) is 18.5 Å². The van der Waals surface area contributed by atoms with E-state index < -0.39 is 5.97 Å². The number of nitrogens with one attached hydrogen (secondary N) is 1. The van der Waals surface area contributed by atoms with E-state index in [2.05, 4.69) is 53.6 Å². The monoisotopic (exact) mass is 421 g/mol. The first-order chi connectivity index (χ1) is 15.0. The summed E-state index contributed by atoms with van der Waals surface area (Å²) < 4.78 is 10.2. The average Bonchev–Trinajstić information content (AvgIpc) is 3.26. The van der Waals surface area contributed by atoms with Gasteiger partial charge in [-0.25, -0.2) is 0 Å². The van der Waals surface area contributed by atoms with Gasteiger partial charge in [-0.15, -0.1) is 0 Å². The summed E-state index contributed by atoms with van der Waals surface area (Å²) in [5.74, 6) is 0.510. The van der Waals surface area contributed by atoms with E-state index >= 15 is 0 Å². The van der Waals surface area contributed by atoms with Gasteiger partial charge in [0.05, 0.1) is 6.42 Å². The van der Waals surface area contributed by atoms with Crippen molar-refractivity contribution in [3.05, 3.63) is 71.6 Å². The van der Waals surface area contributed by atoms with E-state index in [1.54, 1.807) is 0 Å². The fourth-order valence-corrected chi connectivity index (χ4v) is 2.95. The van der Waals surface area contributed by atoms with Crippen LogP contribution in [0.15, 0.2) is 59.1 Å². The van der Waals surface area contributed by atoms with Gasteiger partial charge >= 0.3 is 5.97 Å². The van der Waals surface area contributed by atoms with Crippen LogP contribution < -0.4 is 5.32 Å². The van der Waals surface area contributed by atoms with Gasteiger partial charge in [0.25, 0.3) is 5.91 Å². The Labute approximate surface area is 181 Å². The van der Waals surface area contributed by atoms with E-state index in [-0.39, 0.29) is 25.4 Å². The molecule has 1 heterocycles.